The van der Waals surface area contributed by atoms with Crippen molar-refractivity contribution in [3.05, 3.63) is 58.2 Å². The molecule has 1 atom stereocenters. The van der Waals surface area contributed by atoms with Gasteiger partial charge in [0.05, 0.1) is 0 Å². The van der Waals surface area contributed by atoms with Crippen LogP contribution in [0.5, 0.6) is 0 Å². The third-order valence-electron chi connectivity index (χ3n) is 2.58. The van der Waals surface area contributed by atoms with Gasteiger partial charge >= 0.3 is 0 Å². The van der Waals surface area contributed by atoms with Gasteiger partial charge in [-0.3, -0.25) is 0 Å². The van der Waals surface area contributed by atoms with Gasteiger partial charge in [-0.2, -0.15) is 0 Å². The predicted octanol–water partition coefficient (Wildman–Crippen LogP) is 2.71. The quantitative estimate of drug-likeness (QED) is 0.859. The van der Waals surface area contributed by atoms with Crippen molar-refractivity contribution in [3.8, 4) is 0 Å². The number of halogens is 1. The van der Waals surface area contributed by atoms with E-state index in [1.165, 1.54) is 0 Å². The van der Waals surface area contributed by atoms with Gasteiger partial charge in [0.1, 0.15) is 11.9 Å². The summed E-state index contributed by atoms with van der Waals surface area (Å²) in [5.41, 5.74) is 7.92. The number of aliphatic hydroxyl groups is 1. The number of aromatic nitrogens is 1. The zero-order valence-corrected chi connectivity index (χ0v) is 10.1. The minimum atomic E-state index is -0.851. The van der Waals surface area contributed by atoms with Crippen molar-refractivity contribution in [2.24, 2.45) is 0 Å². The minimum absolute atomic E-state index is 0.322. The van der Waals surface area contributed by atoms with Gasteiger partial charge in [-0.05, 0) is 24.6 Å². The fourth-order valence-electron chi connectivity index (χ4n) is 1.69. The van der Waals surface area contributed by atoms with Gasteiger partial charge in [0.15, 0.2) is 0 Å². The standard InChI is InChI=1S/C13H13ClN2O/c1-8-6-10(13(15)16-7-8)12(17)9-4-2-3-5-11(9)14/h2-7,12,17H,1H3,(H2,15,16). The molecule has 1 aromatic carbocycles. The van der Waals surface area contributed by atoms with E-state index in [-0.39, 0.29) is 0 Å². The molecule has 2 rings (SSSR count). The second-order valence-electron chi connectivity index (χ2n) is 3.91. The van der Waals surface area contributed by atoms with Crippen molar-refractivity contribution in [3.63, 3.8) is 0 Å². The number of hydrogen-bond donors (Lipinski definition) is 2. The molecule has 4 heteroatoms. The Labute approximate surface area is 105 Å². The lowest BCUT2D eigenvalue weighted by atomic mass is 10.0. The molecule has 0 radical (unpaired) electrons. The minimum Gasteiger partial charge on any atom is -0.383 e. The van der Waals surface area contributed by atoms with Crippen LogP contribution in [0.3, 0.4) is 0 Å². The van der Waals surface area contributed by atoms with E-state index in [0.717, 1.165) is 5.56 Å². The van der Waals surface area contributed by atoms with E-state index < -0.39 is 6.10 Å². The van der Waals surface area contributed by atoms with E-state index in [0.29, 0.717) is 22.0 Å². The average molecular weight is 249 g/mol. The van der Waals surface area contributed by atoms with Crippen molar-refractivity contribution in [1.29, 1.82) is 0 Å². The Hall–Kier alpha value is -1.58. The number of pyridine rings is 1. The Bertz CT molecular complexity index is 543. The number of benzene rings is 1. The monoisotopic (exact) mass is 248 g/mol. The lowest BCUT2D eigenvalue weighted by molar-refractivity contribution is 0.221. The molecule has 1 unspecified atom stereocenters. The van der Waals surface area contributed by atoms with Gasteiger partial charge in [0.2, 0.25) is 0 Å². The fraction of sp³-hybridized carbons (Fsp3) is 0.154. The largest absolute Gasteiger partial charge is 0.383 e. The maximum Gasteiger partial charge on any atom is 0.129 e. The molecular weight excluding hydrogens is 236 g/mol. The molecule has 1 heterocycles. The van der Waals surface area contributed by atoms with Crippen LogP contribution >= 0.6 is 11.6 Å². The van der Waals surface area contributed by atoms with Crippen LogP contribution < -0.4 is 5.73 Å². The number of nitrogens with zero attached hydrogens (tertiary/aromatic N) is 1. The number of rotatable bonds is 2. The molecule has 0 saturated carbocycles. The van der Waals surface area contributed by atoms with E-state index in [9.17, 15) is 5.11 Å². The van der Waals surface area contributed by atoms with Crippen LogP contribution in [0.2, 0.25) is 5.02 Å². The molecule has 0 aliphatic heterocycles. The molecule has 1 aromatic heterocycles. The Morgan fingerprint density at radius 2 is 2.00 bits per heavy atom. The number of nitrogen functional groups attached to an aromatic ring is 1. The Morgan fingerprint density at radius 3 is 2.71 bits per heavy atom. The third kappa shape index (κ3) is 2.40. The van der Waals surface area contributed by atoms with Crippen molar-refractivity contribution in [1.82, 2.24) is 4.98 Å². The van der Waals surface area contributed by atoms with Gasteiger partial charge < -0.3 is 10.8 Å². The molecule has 0 aliphatic carbocycles. The summed E-state index contributed by atoms with van der Waals surface area (Å²) in [6, 6.07) is 8.96. The molecule has 0 amide bonds. The third-order valence-corrected chi connectivity index (χ3v) is 2.92. The van der Waals surface area contributed by atoms with Crippen LogP contribution in [-0.4, -0.2) is 10.1 Å². The Morgan fingerprint density at radius 1 is 1.29 bits per heavy atom. The number of nitrogens with two attached hydrogens (primary N) is 1. The first-order valence-corrected chi connectivity index (χ1v) is 5.62. The van der Waals surface area contributed by atoms with Crippen LogP contribution in [0.25, 0.3) is 0 Å². The van der Waals surface area contributed by atoms with Crippen molar-refractivity contribution < 1.29 is 5.11 Å². The summed E-state index contributed by atoms with van der Waals surface area (Å²) in [5, 5.41) is 10.8. The Balaban J connectivity index is 2.47. The van der Waals surface area contributed by atoms with Gasteiger partial charge in [-0.25, -0.2) is 4.98 Å². The normalized spacial score (nSPS) is 12.4. The predicted molar refractivity (Wildman–Crippen MR) is 68.9 cm³/mol. The zero-order chi connectivity index (χ0) is 12.4. The molecule has 3 N–H and O–H groups in total. The molecule has 2 aromatic rings. The number of aryl methyl sites for hydroxylation is 1. The van der Waals surface area contributed by atoms with Crippen molar-refractivity contribution in [2.75, 3.05) is 5.73 Å². The van der Waals surface area contributed by atoms with E-state index in [1.807, 2.05) is 25.1 Å². The first-order chi connectivity index (χ1) is 8.09. The summed E-state index contributed by atoms with van der Waals surface area (Å²) in [5.74, 6) is 0.322. The van der Waals surface area contributed by atoms with Crippen LogP contribution in [0, 0.1) is 6.92 Å². The molecule has 0 saturated heterocycles. The summed E-state index contributed by atoms with van der Waals surface area (Å²) in [6.45, 7) is 1.90. The highest BCUT2D eigenvalue weighted by atomic mass is 35.5. The van der Waals surface area contributed by atoms with E-state index in [1.54, 1.807) is 18.3 Å². The number of aliphatic hydroxyl groups excluding tert-OH is 1. The van der Waals surface area contributed by atoms with Gasteiger partial charge in [-0.15, -0.1) is 0 Å². The lowest BCUT2D eigenvalue weighted by Crippen LogP contribution is -2.06. The second kappa shape index (κ2) is 4.73. The van der Waals surface area contributed by atoms with E-state index >= 15 is 0 Å². The van der Waals surface area contributed by atoms with Crippen LogP contribution in [-0.2, 0) is 0 Å². The summed E-state index contributed by atoms with van der Waals surface area (Å²) in [7, 11) is 0. The second-order valence-corrected chi connectivity index (χ2v) is 4.32. The fourth-order valence-corrected chi connectivity index (χ4v) is 1.92. The van der Waals surface area contributed by atoms with Crippen LogP contribution in [0.15, 0.2) is 36.5 Å². The molecule has 17 heavy (non-hydrogen) atoms. The molecule has 0 fully saturated rings. The van der Waals surface area contributed by atoms with Gasteiger partial charge in [-0.1, -0.05) is 29.8 Å². The van der Waals surface area contributed by atoms with Crippen LogP contribution in [0.4, 0.5) is 5.82 Å². The summed E-state index contributed by atoms with van der Waals surface area (Å²) < 4.78 is 0. The van der Waals surface area contributed by atoms with Crippen molar-refractivity contribution in [2.45, 2.75) is 13.0 Å². The zero-order valence-electron chi connectivity index (χ0n) is 9.39. The topological polar surface area (TPSA) is 59.1 Å². The van der Waals surface area contributed by atoms with E-state index in [2.05, 4.69) is 4.98 Å². The first-order valence-electron chi connectivity index (χ1n) is 5.24. The molecule has 0 aliphatic rings. The maximum atomic E-state index is 10.3. The summed E-state index contributed by atoms with van der Waals surface area (Å²) in [6.07, 6.45) is 0.814. The highest BCUT2D eigenvalue weighted by Gasteiger charge is 2.16. The van der Waals surface area contributed by atoms with Crippen LogP contribution in [0.1, 0.15) is 22.8 Å². The average Bonchev–Trinajstić information content (AvgIpc) is 2.32. The molecule has 0 bridgehead atoms. The lowest BCUT2D eigenvalue weighted by Gasteiger charge is -2.15. The van der Waals surface area contributed by atoms with E-state index in [4.69, 9.17) is 17.3 Å². The number of hydrogen-bond acceptors (Lipinski definition) is 3. The molecule has 88 valence electrons. The summed E-state index contributed by atoms with van der Waals surface area (Å²) in [4.78, 5) is 4.03. The van der Waals surface area contributed by atoms with Gasteiger partial charge in [0.25, 0.3) is 0 Å². The van der Waals surface area contributed by atoms with Gasteiger partial charge in [0, 0.05) is 22.3 Å². The maximum absolute atomic E-state index is 10.3. The summed E-state index contributed by atoms with van der Waals surface area (Å²) >= 11 is 6.04. The Kier molecular flexibility index (Phi) is 3.31. The smallest absolute Gasteiger partial charge is 0.129 e. The highest BCUT2D eigenvalue weighted by molar-refractivity contribution is 6.31. The molecule has 0 spiro atoms. The number of anilines is 1. The molecular formula is C13H13ClN2O. The molecule has 3 nitrogen and oxygen atoms in total. The van der Waals surface area contributed by atoms with Crippen molar-refractivity contribution >= 4 is 17.4 Å². The highest BCUT2D eigenvalue weighted by Crippen LogP contribution is 2.30. The first kappa shape index (κ1) is 11.9. The SMILES string of the molecule is Cc1cnc(N)c(C(O)c2ccccc2Cl)c1.